The van der Waals surface area contributed by atoms with Gasteiger partial charge in [-0.05, 0) is 12.3 Å². The fourth-order valence-corrected chi connectivity index (χ4v) is 1.01. The molecule has 0 saturated carbocycles. The van der Waals surface area contributed by atoms with E-state index in [9.17, 15) is 4.79 Å². The van der Waals surface area contributed by atoms with Crippen molar-refractivity contribution in [3.8, 4) is 0 Å². The first-order valence-corrected chi connectivity index (χ1v) is 4.69. The molecule has 0 atom stereocenters. The van der Waals surface area contributed by atoms with Crippen molar-refractivity contribution in [2.24, 2.45) is 5.41 Å². The van der Waals surface area contributed by atoms with Crippen LogP contribution in [-0.2, 0) is 0 Å². The lowest BCUT2D eigenvalue weighted by Gasteiger charge is -2.18. The molecule has 1 heterocycles. The third-order valence-corrected chi connectivity index (χ3v) is 1.66. The molecule has 0 radical (unpaired) electrons. The Balaban J connectivity index is 2.73. The number of aromatic amines is 1. The fraction of sp³-hybridized carbons (Fsp3) is 0.600. The molecule has 1 aromatic heterocycles. The Hall–Kier alpha value is -1.32. The van der Waals surface area contributed by atoms with Crippen molar-refractivity contribution in [3.63, 3.8) is 0 Å². The second-order valence-electron chi connectivity index (χ2n) is 4.65. The molecule has 14 heavy (non-hydrogen) atoms. The lowest BCUT2D eigenvalue weighted by Crippen LogP contribution is -2.22. The van der Waals surface area contributed by atoms with Crippen LogP contribution >= 0.6 is 0 Å². The summed E-state index contributed by atoms with van der Waals surface area (Å²) in [5.41, 5.74) is 0.779. The maximum absolute atomic E-state index is 11.1. The van der Waals surface area contributed by atoms with Gasteiger partial charge in [0.1, 0.15) is 0 Å². The van der Waals surface area contributed by atoms with Gasteiger partial charge in [-0.15, -0.1) is 0 Å². The molecule has 2 N–H and O–H groups in total. The summed E-state index contributed by atoms with van der Waals surface area (Å²) in [6.07, 6.45) is 0. The summed E-state index contributed by atoms with van der Waals surface area (Å²) in [6.45, 7) is 8.94. The molecule has 0 spiro atoms. The van der Waals surface area contributed by atoms with Crippen LogP contribution in [0.3, 0.4) is 0 Å². The number of aromatic nitrogens is 2. The average Bonchev–Trinajstić information content (AvgIpc) is 1.97. The number of nitrogens with zero attached hydrogens (tertiary/aromatic N) is 1. The van der Waals surface area contributed by atoms with E-state index in [4.69, 9.17) is 0 Å². The van der Waals surface area contributed by atoms with Gasteiger partial charge in [-0.1, -0.05) is 20.8 Å². The summed E-state index contributed by atoms with van der Waals surface area (Å²) < 4.78 is 0. The van der Waals surface area contributed by atoms with E-state index in [1.165, 1.54) is 6.07 Å². The summed E-state index contributed by atoms with van der Waals surface area (Å²) in [5.74, 6) is 0.546. The quantitative estimate of drug-likeness (QED) is 0.752. The van der Waals surface area contributed by atoms with E-state index < -0.39 is 0 Å². The maximum Gasteiger partial charge on any atom is 0.252 e. The largest absolute Gasteiger partial charge is 0.355 e. The third kappa shape index (κ3) is 3.60. The molecule has 0 aromatic carbocycles. The number of nitrogens with one attached hydrogen (secondary N) is 2. The summed E-state index contributed by atoms with van der Waals surface area (Å²) in [7, 11) is 0. The number of hydrogen-bond donors (Lipinski definition) is 2. The zero-order valence-electron chi connectivity index (χ0n) is 9.14. The van der Waals surface area contributed by atoms with E-state index in [-0.39, 0.29) is 11.0 Å². The van der Waals surface area contributed by atoms with E-state index in [1.807, 2.05) is 0 Å². The van der Waals surface area contributed by atoms with Crippen LogP contribution in [-0.4, -0.2) is 16.5 Å². The molecule has 0 aliphatic heterocycles. The Morgan fingerprint density at radius 1 is 1.50 bits per heavy atom. The van der Waals surface area contributed by atoms with Crippen LogP contribution in [0, 0.1) is 12.3 Å². The van der Waals surface area contributed by atoms with Crippen LogP contribution in [0.25, 0.3) is 0 Å². The van der Waals surface area contributed by atoms with Crippen LogP contribution in [0.4, 0.5) is 5.95 Å². The summed E-state index contributed by atoms with van der Waals surface area (Å²) >= 11 is 0. The van der Waals surface area contributed by atoms with Crippen LogP contribution in [0.1, 0.15) is 26.5 Å². The Morgan fingerprint density at radius 3 is 2.64 bits per heavy atom. The number of rotatable bonds is 2. The van der Waals surface area contributed by atoms with Crippen molar-refractivity contribution in [1.29, 1.82) is 0 Å². The number of aryl methyl sites for hydroxylation is 1. The molecule has 4 nitrogen and oxygen atoms in total. The van der Waals surface area contributed by atoms with Crippen molar-refractivity contribution < 1.29 is 0 Å². The first-order valence-electron chi connectivity index (χ1n) is 4.69. The molecular weight excluding hydrogens is 178 g/mol. The highest BCUT2D eigenvalue weighted by atomic mass is 16.1. The predicted molar refractivity (Wildman–Crippen MR) is 57.5 cm³/mol. The second kappa shape index (κ2) is 3.82. The topological polar surface area (TPSA) is 57.8 Å². The molecular formula is C10H17N3O. The minimum absolute atomic E-state index is 0.117. The van der Waals surface area contributed by atoms with Gasteiger partial charge in [-0.25, -0.2) is 4.98 Å². The van der Waals surface area contributed by atoms with E-state index in [0.29, 0.717) is 5.95 Å². The molecule has 0 aliphatic carbocycles. The minimum Gasteiger partial charge on any atom is -0.355 e. The van der Waals surface area contributed by atoms with Crippen molar-refractivity contribution in [2.75, 3.05) is 11.9 Å². The van der Waals surface area contributed by atoms with Gasteiger partial charge in [0, 0.05) is 18.3 Å². The first kappa shape index (κ1) is 10.8. The highest BCUT2D eigenvalue weighted by Crippen LogP contribution is 2.12. The molecule has 0 amide bonds. The average molecular weight is 195 g/mol. The molecule has 0 fully saturated rings. The first-order chi connectivity index (χ1) is 6.37. The molecule has 1 rings (SSSR count). The number of anilines is 1. The zero-order chi connectivity index (χ0) is 10.8. The van der Waals surface area contributed by atoms with E-state index in [1.54, 1.807) is 6.92 Å². The van der Waals surface area contributed by atoms with Crippen molar-refractivity contribution in [3.05, 3.63) is 22.1 Å². The summed E-state index contributed by atoms with van der Waals surface area (Å²) in [4.78, 5) is 17.9. The van der Waals surface area contributed by atoms with Gasteiger partial charge in [0.2, 0.25) is 5.95 Å². The molecule has 78 valence electrons. The zero-order valence-corrected chi connectivity index (χ0v) is 9.14. The lowest BCUT2D eigenvalue weighted by molar-refractivity contribution is 0.441. The lowest BCUT2D eigenvalue weighted by atomic mass is 9.97. The molecule has 0 bridgehead atoms. The highest BCUT2D eigenvalue weighted by molar-refractivity contribution is 5.24. The Morgan fingerprint density at radius 2 is 2.14 bits per heavy atom. The molecule has 4 heteroatoms. The fourth-order valence-electron chi connectivity index (χ4n) is 1.01. The maximum atomic E-state index is 11.1. The Bertz CT molecular complexity index is 362. The molecule has 0 saturated heterocycles. The number of hydrogen-bond acceptors (Lipinski definition) is 3. The van der Waals surface area contributed by atoms with Crippen molar-refractivity contribution >= 4 is 5.95 Å². The van der Waals surface area contributed by atoms with Crippen LogP contribution < -0.4 is 10.9 Å². The van der Waals surface area contributed by atoms with Gasteiger partial charge in [0.25, 0.3) is 5.56 Å². The van der Waals surface area contributed by atoms with Gasteiger partial charge in [-0.2, -0.15) is 0 Å². The third-order valence-electron chi connectivity index (χ3n) is 1.66. The van der Waals surface area contributed by atoms with Gasteiger partial charge in [0.15, 0.2) is 0 Å². The summed E-state index contributed by atoms with van der Waals surface area (Å²) in [6, 6.07) is 1.47. The van der Waals surface area contributed by atoms with Crippen molar-refractivity contribution in [2.45, 2.75) is 27.7 Å². The minimum atomic E-state index is -0.117. The molecule has 1 aromatic rings. The van der Waals surface area contributed by atoms with E-state index in [2.05, 4.69) is 36.1 Å². The Labute approximate surface area is 83.8 Å². The standard InChI is InChI=1S/C10H17N3O/c1-7-5-8(14)13-9(12-7)11-6-10(2,3)4/h5H,6H2,1-4H3,(H2,11,12,13,14). The predicted octanol–water partition coefficient (Wildman–Crippen LogP) is 1.54. The van der Waals surface area contributed by atoms with E-state index >= 15 is 0 Å². The van der Waals surface area contributed by atoms with E-state index in [0.717, 1.165) is 12.2 Å². The van der Waals surface area contributed by atoms with Crippen LogP contribution in [0.5, 0.6) is 0 Å². The van der Waals surface area contributed by atoms with Gasteiger partial charge < -0.3 is 5.32 Å². The monoisotopic (exact) mass is 195 g/mol. The van der Waals surface area contributed by atoms with Crippen LogP contribution in [0.2, 0.25) is 0 Å². The number of H-pyrrole nitrogens is 1. The van der Waals surface area contributed by atoms with Gasteiger partial charge in [0.05, 0.1) is 0 Å². The normalized spacial score (nSPS) is 11.4. The second-order valence-corrected chi connectivity index (χ2v) is 4.65. The Kier molecular flexibility index (Phi) is 2.93. The highest BCUT2D eigenvalue weighted by Gasteiger charge is 2.09. The van der Waals surface area contributed by atoms with Crippen molar-refractivity contribution in [1.82, 2.24) is 9.97 Å². The summed E-state index contributed by atoms with van der Waals surface area (Å²) in [5, 5.41) is 3.10. The smallest absolute Gasteiger partial charge is 0.252 e. The SMILES string of the molecule is Cc1cc(=O)[nH]c(NCC(C)(C)C)n1. The molecule has 0 unspecified atom stereocenters. The van der Waals surface area contributed by atoms with Crippen LogP contribution in [0.15, 0.2) is 10.9 Å². The van der Waals surface area contributed by atoms with Gasteiger partial charge >= 0.3 is 0 Å². The molecule has 0 aliphatic rings. The van der Waals surface area contributed by atoms with Gasteiger partial charge in [-0.3, -0.25) is 9.78 Å².